The molecule has 2 heterocycles. The summed E-state index contributed by atoms with van der Waals surface area (Å²) in [7, 11) is -3.33. The molecular weight excluding hydrogens is 260 g/mol. The van der Waals surface area contributed by atoms with Crippen LogP contribution in [0.2, 0.25) is 0 Å². The summed E-state index contributed by atoms with van der Waals surface area (Å²) in [5.41, 5.74) is 2.02. The Morgan fingerprint density at radius 1 is 0.895 bits per heavy atom. The molecule has 0 spiro atoms. The van der Waals surface area contributed by atoms with Crippen LogP contribution in [0.15, 0.2) is 24.3 Å². The van der Waals surface area contributed by atoms with Gasteiger partial charge in [0.05, 0.1) is 5.69 Å². The van der Waals surface area contributed by atoms with Gasteiger partial charge in [-0.25, -0.2) is 0 Å². The zero-order chi connectivity index (χ0) is 13.3. The minimum Gasteiger partial charge on any atom is -0.257 e. The van der Waals surface area contributed by atoms with Crippen LogP contribution in [0.5, 0.6) is 0 Å². The molecule has 104 valence electrons. The highest BCUT2D eigenvalue weighted by atomic mass is 32.2. The summed E-state index contributed by atoms with van der Waals surface area (Å²) in [5, 5.41) is 0. The van der Waals surface area contributed by atoms with Crippen LogP contribution in [0.4, 0.5) is 5.69 Å². The molecule has 0 aromatic heterocycles. The van der Waals surface area contributed by atoms with E-state index >= 15 is 0 Å². The summed E-state index contributed by atoms with van der Waals surface area (Å²) < 4.78 is 28.8. The normalized spacial score (nSPS) is 21.2. The van der Waals surface area contributed by atoms with Gasteiger partial charge in [-0.1, -0.05) is 24.6 Å². The molecule has 1 aromatic carbocycles. The molecule has 1 fully saturated rings. The fourth-order valence-corrected chi connectivity index (χ4v) is 4.76. The van der Waals surface area contributed by atoms with Crippen molar-refractivity contribution in [2.45, 2.75) is 32.1 Å². The lowest BCUT2D eigenvalue weighted by molar-refractivity contribution is 0.345. The van der Waals surface area contributed by atoms with E-state index in [2.05, 4.69) is 0 Å². The lowest BCUT2D eigenvalue weighted by atomic mass is 10.0. The number of hydrogen-bond acceptors (Lipinski definition) is 2. The third-order valence-electron chi connectivity index (χ3n) is 3.99. The average Bonchev–Trinajstić information content (AvgIpc) is 2.47. The van der Waals surface area contributed by atoms with E-state index in [9.17, 15) is 8.42 Å². The maximum Gasteiger partial charge on any atom is 0.304 e. The first-order valence-corrected chi connectivity index (χ1v) is 8.45. The number of fused-ring (bicyclic) bond motifs is 1. The Kier molecular flexibility index (Phi) is 3.50. The topological polar surface area (TPSA) is 40.6 Å². The smallest absolute Gasteiger partial charge is 0.257 e. The van der Waals surface area contributed by atoms with E-state index in [1.165, 1.54) is 0 Å². The Balaban J connectivity index is 1.94. The van der Waals surface area contributed by atoms with Gasteiger partial charge in [0.2, 0.25) is 0 Å². The highest BCUT2D eigenvalue weighted by Crippen LogP contribution is 2.30. The van der Waals surface area contributed by atoms with E-state index in [1.807, 2.05) is 24.3 Å². The summed E-state index contributed by atoms with van der Waals surface area (Å²) >= 11 is 0. The van der Waals surface area contributed by atoms with Crippen molar-refractivity contribution in [3.63, 3.8) is 0 Å². The van der Waals surface area contributed by atoms with Crippen molar-refractivity contribution in [2.24, 2.45) is 0 Å². The highest BCUT2D eigenvalue weighted by molar-refractivity contribution is 7.90. The molecule has 2 aliphatic heterocycles. The van der Waals surface area contributed by atoms with Crippen LogP contribution in [0, 0.1) is 0 Å². The van der Waals surface area contributed by atoms with E-state index in [4.69, 9.17) is 0 Å². The molecular formula is C14H20N2O2S. The van der Waals surface area contributed by atoms with E-state index in [0.29, 0.717) is 19.6 Å². The number of rotatable bonds is 2. The lowest BCUT2D eigenvalue weighted by Crippen LogP contribution is -2.47. The van der Waals surface area contributed by atoms with Crippen LogP contribution in [0.3, 0.4) is 0 Å². The molecule has 3 rings (SSSR count). The third kappa shape index (κ3) is 2.37. The van der Waals surface area contributed by atoms with E-state index < -0.39 is 10.2 Å². The van der Waals surface area contributed by atoms with Crippen molar-refractivity contribution < 1.29 is 8.42 Å². The second kappa shape index (κ2) is 5.13. The number of nitrogens with zero attached hydrogens (tertiary/aromatic N) is 2. The Hall–Kier alpha value is -1.07. The second-order valence-electron chi connectivity index (χ2n) is 5.27. The number of para-hydroxylation sites is 1. The van der Waals surface area contributed by atoms with Gasteiger partial charge in [-0.05, 0) is 37.3 Å². The standard InChI is InChI=1S/C14H20N2O2S/c17-19(18,15-10-4-1-5-11-15)16-12-6-8-13-7-2-3-9-14(13)16/h2-3,7,9H,1,4-6,8,10-12H2. The van der Waals surface area contributed by atoms with Crippen molar-refractivity contribution in [1.29, 1.82) is 0 Å². The van der Waals surface area contributed by atoms with Gasteiger partial charge < -0.3 is 0 Å². The summed E-state index contributed by atoms with van der Waals surface area (Å²) in [4.78, 5) is 0. The first-order valence-electron chi connectivity index (χ1n) is 7.05. The van der Waals surface area contributed by atoms with Crippen LogP contribution in [0.25, 0.3) is 0 Å². The maximum atomic E-state index is 12.8. The Bertz CT molecular complexity index is 550. The number of piperidine rings is 1. The van der Waals surface area contributed by atoms with Crippen LogP contribution in [-0.2, 0) is 16.6 Å². The summed E-state index contributed by atoms with van der Waals surface area (Å²) in [6.45, 7) is 1.94. The molecule has 5 heteroatoms. The molecule has 4 nitrogen and oxygen atoms in total. The zero-order valence-electron chi connectivity index (χ0n) is 11.1. The summed E-state index contributed by atoms with van der Waals surface area (Å²) in [6, 6.07) is 7.86. The van der Waals surface area contributed by atoms with Crippen LogP contribution in [-0.4, -0.2) is 32.4 Å². The first-order chi connectivity index (χ1) is 9.19. The van der Waals surface area contributed by atoms with Crippen molar-refractivity contribution in [1.82, 2.24) is 4.31 Å². The minimum atomic E-state index is -3.33. The molecule has 0 N–H and O–H groups in total. The van der Waals surface area contributed by atoms with E-state index in [1.54, 1.807) is 8.61 Å². The lowest BCUT2D eigenvalue weighted by Gasteiger charge is -2.36. The largest absolute Gasteiger partial charge is 0.304 e. The quantitative estimate of drug-likeness (QED) is 0.833. The van der Waals surface area contributed by atoms with Crippen molar-refractivity contribution in [2.75, 3.05) is 23.9 Å². The molecule has 0 saturated carbocycles. The molecule has 0 unspecified atom stereocenters. The predicted octanol–water partition coefficient (Wildman–Crippen LogP) is 2.17. The van der Waals surface area contributed by atoms with E-state index in [-0.39, 0.29) is 0 Å². The first kappa shape index (κ1) is 12.9. The van der Waals surface area contributed by atoms with Gasteiger partial charge in [0, 0.05) is 19.6 Å². The molecule has 0 amide bonds. The van der Waals surface area contributed by atoms with Crippen LogP contribution in [0.1, 0.15) is 31.2 Å². The Labute approximate surface area is 115 Å². The Morgan fingerprint density at radius 2 is 1.63 bits per heavy atom. The number of aryl methyl sites for hydroxylation is 1. The van der Waals surface area contributed by atoms with Crippen molar-refractivity contribution in [3.05, 3.63) is 29.8 Å². The molecule has 0 aliphatic carbocycles. The van der Waals surface area contributed by atoms with Gasteiger partial charge in [-0.15, -0.1) is 0 Å². The maximum absolute atomic E-state index is 12.8. The van der Waals surface area contributed by atoms with E-state index in [0.717, 1.165) is 43.4 Å². The molecule has 0 radical (unpaired) electrons. The van der Waals surface area contributed by atoms with Crippen molar-refractivity contribution >= 4 is 15.9 Å². The van der Waals surface area contributed by atoms with Crippen LogP contribution < -0.4 is 4.31 Å². The number of benzene rings is 1. The third-order valence-corrected chi connectivity index (χ3v) is 5.94. The highest BCUT2D eigenvalue weighted by Gasteiger charge is 2.33. The van der Waals surface area contributed by atoms with Crippen LogP contribution >= 0.6 is 0 Å². The molecule has 1 saturated heterocycles. The molecule has 0 atom stereocenters. The van der Waals surface area contributed by atoms with Gasteiger partial charge in [0.25, 0.3) is 0 Å². The SMILES string of the molecule is O=S(=O)(N1CCCCC1)N1CCCc2ccccc21. The molecule has 0 bridgehead atoms. The zero-order valence-corrected chi connectivity index (χ0v) is 11.9. The monoisotopic (exact) mass is 280 g/mol. The summed E-state index contributed by atoms with van der Waals surface area (Å²) in [6.07, 6.45) is 4.98. The molecule has 2 aliphatic rings. The fraction of sp³-hybridized carbons (Fsp3) is 0.571. The van der Waals surface area contributed by atoms with Gasteiger partial charge in [0.15, 0.2) is 0 Å². The molecule has 1 aromatic rings. The minimum absolute atomic E-state index is 0.607. The van der Waals surface area contributed by atoms with Crippen molar-refractivity contribution in [3.8, 4) is 0 Å². The van der Waals surface area contributed by atoms with Gasteiger partial charge in [0.1, 0.15) is 0 Å². The fourth-order valence-electron chi connectivity index (χ4n) is 2.97. The second-order valence-corrected chi connectivity index (χ2v) is 7.12. The van der Waals surface area contributed by atoms with Gasteiger partial charge >= 0.3 is 10.2 Å². The Morgan fingerprint density at radius 3 is 2.42 bits per heavy atom. The van der Waals surface area contributed by atoms with Gasteiger partial charge in [-0.2, -0.15) is 12.7 Å². The summed E-state index contributed by atoms with van der Waals surface area (Å²) in [5.74, 6) is 0. The number of hydrogen-bond donors (Lipinski definition) is 0. The predicted molar refractivity (Wildman–Crippen MR) is 76.5 cm³/mol. The number of anilines is 1. The van der Waals surface area contributed by atoms with Gasteiger partial charge in [-0.3, -0.25) is 4.31 Å². The average molecular weight is 280 g/mol. The molecule has 19 heavy (non-hydrogen) atoms.